The molecule has 0 spiro atoms. The number of para-hydroxylation sites is 1. The highest BCUT2D eigenvalue weighted by Crippen LogP contribution is 2.20. The van der Waals surface area contributed by atoms with E-state index in [1.54, 1.807) is 31.4 Å². The number of hydrogen-bond acceptors (Lipinski definition) is 4. The van der Waals surface area contributed by atoms with Crippen molar-refractivity contribution in [1.29, 1.82) is 0 Å². The molecule has 2 aromatic carbocycles. The molecule has 0 atom stereocenters. The van der Waals surface area contributed by atoms with E-state index in [-0.39, 0.29) is 30.3 Å². The lowest BCUT2D eigenvalue weighted by Gasteiger charge is -2.32. The number of hydrogen-bond donors (Lipinski definition) is 2. The topological polar surface area (TPSA) is 84.7 Å². The third-order valence-electron chi connectivity index (χ3n) is 4.87. The summed E-state index contributed by atoms with van der Waals surface area (Å²) >= 11 is 0. The highest BCUT2D eigenvalue weighted by molar-refractivity contribution is 5.95. The third kappa shape index (κ3) is 5.39. The largest absolute Gasteiger partial charge is 0.496 e. The number of rotatable bonds is 5. The standard InChI is InChI=1S/C21H25N3O3.ClH/c1-27-19-8-3-2-5-15(19)14-20(25)24-11-9-18(10-12-24)23-21(26)16-6-4-7-17(22)13-16;/h2-8,13,18H,9-12,14,22H2,1H3,(H,23,26);1H. The highest BCUT2D eigenvalue weighted by Gasteiger charge is 2.24. The molecule has 28 heavy (non-hydrogen) atoms. The first-order chi connectivity index (χ1) is 13.1. The van der Waals surface area contributed by atoms with Gasteiger partial charge in [-0.15, -0.1) is 12.4 Å². The zero-order valence-electron chi connectivity index (χ0n) is 15.9. The number of nitrogens with two attached hydrogens (primary N) is 1. The van der Waals surface area contributed by atoms with Crippen LogP contribution in [0.25, 0.3) is 0 Å². The summed E-state index contributed by atoms with van der Waals surface area (Å²) in [7, 11) is 1.61. The average molecular weight is 404 g/mol. The molecule has 2 aromatic rings. The number of nitrogens with zero attached hydrogens (tertiary/aromatic N) is 1. The van der Waals surface area contributed by atoms with E-state index in [0.29, 0.717) is 30.8 Å². The maximum absolute atomic E-state index is 12.6. The molecule has 1 aliphatic rings. The van der Waals surface area contributed by atoms with Crippen LogP contribution >= 0.6 is 12.4 Å². The van der Waals surface area contributed by atoms with Crippen LogP contribution in [0.3, 0.4) is 0 Å². The average Bonchev–Trinajstić information content (AvgIpc) is 2.69. The third-order valence-corrected chi connectivity index (χ3v) is 4.87. The van der Waals surface area contributed by atoms with E-state index < -0.39 is 0 Å². The van der Waals surface area contributed by atoms with E-state index in [4.69, 9.17) is 10.5 Å². The zero-order valence-corrected chi connectivity index (χ0v) is 16.7. The lowest BCUT2D eigenvalue weighted by molar-refractivity contribution is -0.131. The van der Waals surface area contributed by atoms with Gasteiger partial charge in [0.2, 0.25) is 5.91 Å². The van der Waals surface area contributed by atoms with E-state index >= 15 is 0 Å². The molecule has 0 aromatic heterocycles. The quantitative estimate of drug-likeness (QED) is 0.751. The van der Waals surface area contributed by atoms with Crippen LogP contribution in [0.15, 0.2) is 48.5 Å². The Labute approximate surface area is 171 Å². The van der Waals surface area contributed by atoms with Crippen LogP contribution in [0.4, 0.5) is 5.69 Å². The molecule has 1 heterocycles. The van der Waals surface area contributed by atoms with Crippen molar-refractivity contribution in [2.75, 3.05) is 25.9 Å². The Morgan fingerprint density at radius 3 is 2.54 bits per heavy atom. The van der Waals surface area contributed by atoms with Crippen LogP contribution in [0.5, 0.6) is 5.75 Å². The summed E-state index contributed by atoms with van der Waals surface area (Å²) in [6.07, 6.45) is 1.81. The van der Waals surface area contributed by atoms with Crippen LogP contribution in [0, 0.1) is 0 Å². The van der Waals surface area contributed by atoms with Crippen LogP contribution in [0.1, 0.15) is 28.8 Å². The van der Waals surface area contributed by atoms with Gasteiger partial charge in [-0.25, -0.2) is 0 Å². The second kappa shape index (κ2) is 9.99. The fraction of sp³-hybridized carbons (Fsp3) is 0.333. The smallest absolute Gasteiger partial charge is 0.251 e. The van der Waals surface area contributed by atoms with Crippen molar-refractivity contribution in [2.24, 2.45) is 0 Å². The molecular formula is C21H26ClN3O3. The Kier molecular flexibility index (Phi) is 7.70. The van der Waals surface area contributed by atoms with E-state index in [1.807, 2.05) is 29.2 Å². The van der Waals surface area contributed by atoms with Crippen LogP contribution < -0.4 is 15.8 Å². The number of methoxy groups -OCH3 is 1. The van der Waals surface area contributed by atoms with Gasteiger partial charge in [0.15, 0.2) is 0 Å². The van der Waals surface area contributed by atoms with E-state index in [0.717, 1.165) is 24.2 Å². The molecule has 0 aliphatic carbocycles. The normalized spacial score (nSPS) is 14.1. The number of nitrogen functional groups attached to an aromatic ring is 1. The number of nitrogens with one attached hydrogen (secondary N) is 1. The molecule has 0 radical (unpaired) electrons. The minimum absolute atomic E-state index is 0. The van der Waals surface area contributed by atoms with Crippen molar-refractivity contribution in [3.8, 4) is 5.75 Å². The van der Waals surface area contributed by atoms with Crippen LogP contribution in [0.2, 0.25) is 0 Å². The molecule has 2 amide bonds. The molecule has 6 nitrogen and oxygen atoms in total. The second-order valence-corrected chi connectivity index (χ2v) is 6.74. The Morgan fingerprint density at radius 1 is 1.14 bits per heavy atom. The predicted octanol–water partition coefficient (Wildman–Crippen LogP) is 2.66. The first-order valence-electron chi connectivity index (χ1n) is 9.13. The molecule has 3 N–H and O–H groups in total. The number of amides is 2. The Morgan fingerprint density at radius 2 is 1.86 bits per heavy atom. The number of anilines is 1. The lowest BCUT2D eigenvalue weighted by atomic mass is 10.0. The summed E-state index contributed by atoms with van der Waals surface area (Å²) in [6, 6.07) is 14.6. The van der Waals surface area contributed by atoms with Gasteiger partial charge in [0.1, 0.15) is 5.75 Å². The fourth-order valence-electron chi connectivity index (χ4n) is 3.35. The number of benzene rings is 2. The van der Waals surface area contributed by atoms with Crippen molar-refractivity contribution in [3.63, 3.8) is 0 Å². The van der Waals surface area contributed by atoms with Gasteiger partial charge in [0.05, 0.1) is 13.5 Å². The summed E-state index contributed by atoms with van der Waals surface area (Å²) in [5, 5.41) is 3.04. The van der Waals surface area contributed by atoms with Crippen molar-refractivity contribution in [3.05, 3.63) is 59.7 Å². The van der Waals surface area contributed by atoms with Gasteiger partial charge in [-0.1, -0.05) is 24.3 Å². The number of carbonyl (C=O) groups is 2. The molecule has 7 heteroatoms. The monoisotopic (exact) mass is 403 g/mol. The number of likely N-dealkylation sites (tertiary alicyclic amines) is 1. The van der Waals surface area contributed by atoms with Crippen molar-refractivity contribution < 1.29 is 14.3 Å². The van der Waals surface area contributed by atoms with Crippen molar-refractivity contribution in [2.45, 2.75) is 25.3 Å². The van der Waals surface area contributed by atoms with Gasteiger partial charge in [-0.3, -0.25) is 9.59 Å². The molecule has 1 saturated heterocycles. The Hall–Kier alpha value is -2.73. The SMILES string of the molecule is COc1ccccc1CC(=O)N1CCC(NC(=O)c2cccc(N)c2)CC1.Cl. The summed E-state index contributed by atoms with van der Waals surface area (Å²) in [5.41, 5.74) is 7.75. The maximum Gasteiger partial charge on any atom is 0.251 e. The Bertz CT molecular complexity index is 820. The fourth-order valence-corrected chi connectivity index (χ4v) is 3.35. The van der Waals surface area contributed by atoms with Crippen LogP contribution in [-0.2, 0) is 11.2 Å². The molecule has 0 bridgehead atoms. The zero-order chi connectivity index (χ0) is 19.2. The molecular weight excluding hydrogens is 378 g/mol. The number of piperidine rings is 1. The van der Waals surface area contributed by atoms with Gasteiger partial charge in [-0.2, -0.15) is 0 Å². The van der Waals surface area contributed by atoms with Crippen LogP contribution in [-0.4, -0.2) is 43.0 Å². The predicted molar refractivity (Wildman–Crippen MR) is 112 cm³/mol. The molecule has 1 fully saturated rings. The number of carbonyl (C=O) groups excluding carboxylic acids is 2. The van der Waals surface area contributed by atoms with E-state index in [1.165, 1.54) is 0 Å². The van der Waals surface area contributed by atoms with Gasteiger partial charge >= 0.3 is 0 Å². The van der Waals surface area contributed by atoms with Gasteiger partial charge in [0.25, 0.3) is 5.91 Å². The Balaban J connectivity index is 0.00000280. The number of halogens is 1. The maximum atomic E-state index is 12.6. The molecule has 150 valence electrons. The minimum Gasteiger partial charge on any atom is -0.496 e. The highest BCUT2D eigenvalue weighted by atomic mass is 35.5. The summed E-state index contributed by atoms with van der Waals surface area (Å²) in [5.74, 6) is 0.691. The van der Waals surface area contributed by atoms with Gasteiger partial charge in [0, 0.05) is 35.9 Å². The summed E-state index contributed by atoms with van der Waals surface area (Å²) in [6.45, 7) is 1.27. The molecule has 3 rings (SSSR count). The molecule has 1 aliphatic heterocycles. The lowest BCUT2D eigenvalue weighted by Crippen LogP contribution is -2.47. The first-order valence-corrected chi connectivity index (χ1v) is 9.13. The summed E-state index contributed by atoms with van der Waals surface area (Å²) < 4.78 is 5.32. The van der Waals surface area contributed by atoms with Gasteiger partial charge < -0.3 is 20.7 Å². The first kappa shape index (κ1) is 21.6. The van der Waals surface area contributed by atoms with E-state index in [9.17, 15) is 9.59 Å². The minimum atomic E-state index is -0.124. The molecule has 0 unspecified atom stereocenters. The molecule has 0 saturated carbocycles. The summed E-state index contributed by atoms with van der Waals surface area (Å²) in [4.78, 5) is 26.8. The van der Waals surface area contributed by atoms with Crippen molar-refractivity contribution in [1.82, 2.24) is 10.2 Å². The van der Waals surface area contributed by atoms with E-state index in [2.05, 4.69) is 5.32 Å². The van der Waals surface area contributed by atoms with Gasteiger partial charge in [-0.05, 0) is 37.1 Å². The van der Waals surface area contributed by atoms with Crippen molar-refractivity contribution >= 4 is 29.9 Å². The number of ether oxygens (including phenoxy) is 1. The second-order valence-electron chi connectivity index (χ2n) is 6.74.